The highest BCUT2D eigenvalue weighted by Crippen LogP contribution is 2.40. The Bertz CT molecular complexity index is 366. The van der Waals surface area contributed by atoms with Crippen molar-refractivity contribution in [3.63, 3.8) is 0 Å². The Morgan fingerprint density at radius 1 is 1.35 bits per heavy atom. The average Bonchev–Trinajstić information content (AvgIpc) is 2.97. The molecule has 20 heavy (non-hydrogen) atoms. The fourth-order valence-electron chi connectivity index (χ4n) is 3.99. The van der Waals surface area contributed by atoms with Gasteiger partial charge in [-0.1, -0.05) is 5.16 Å². The second kappa shape index (κ2) is 6.12. The Hall–Kier alpha value is -0.460. The SMILES string of the molecule is NC(=NO)C1CCCN1C1CCOC2(CCSCC2)C1. The normalized spacial score (nSPS) is 35.5. The Kier molecular flexibility index (Phi) is 4.43. The van der Waals surface area contributed by atoms with Crippen molar-refractivity contribution in [2.24, 2.45) is 10.9 Å². The number of amidine groups is 1. The monoisotopic (exact) mass is 299 g/mol. The molecule has 2 unspecified atom stereocenters. The maximum absolute atomic E-state index is 8.96. The molecule has 0 aromatic carbocycles. The molecule has 0 aromatic heterocycles. The summed E-state index contributed by atoms with van der Waals surface area (Å²) in [6.45, 7) is 1.92. The number of oxime groups is 1. The second-order valence-electron chi connectivity index (χ2n) is 6.21. The third-order valence-electron chi connectivity index (χ3n) is 5.09. The van der Waals surface area contributed by atoms with Crippen LogP contribution in [-0.2, 0) is 4.74 Å². The maximum Gasteiger partial charge on any atom is 0.156 e. The lowest BCUT2D eigenvalue weighted by molar-refractivity contribution is -0.109. The topological polar surface area (TPSA) is 71.1 Å². The largest absolute Gasteiger partial charge is 0.409 e. The van der Waals surface area contributed by atoms with Crippen LogP contribution in [0.25, 0.3) is 0 Å². The molecule has 0 radical (unpaired) electrons. The van der Waals surface area contributed by atoms with Gasteiger partial charge in [0, 0.05) is 12.6 Å². The van der Waals surface area contributed by atoms with Crippen LogP contribution in [0, 0.1) is 0 Å². The van der Waals surface area contributed by atoms with Crippen molar-refractivity contribution in [1.29, 1.82) is 0 Å². The second-order valence-corrected chi connectivity index (χ2v) is 7.44. The smallest absolute Gasteiger partial charge is 0.156 e. The van der Waals surface area contributed by atoms with Crippen LogP contribution >= 0.6 is 11.8 Å². The van der Waals surface area contributed by atoms with Crippen LogP contribution in [0.15, 0.2) is 5.16 Å². The summed E-state index contributed by atoms with van der Waals surface area (Å²) in [5.41, 5.74) is 5.97. The Balaban J connectivity index is 1.70. The van der Waals surface area contributed by atoms with E-state index in [1.165, 1.54) is 24.3 Å². The van der Waals surface area contributed by atoms with E-state index in [4.69, 9.17) is 15.7 Å². The summed E-state index contributed by atoms with van der Waals surface area (Å²) in [6, 6.07) is 0.651. The van der Waals surface area contributed by atoms with Gasteiger partial charge < -0.3 is 15.7 Å². The van der Waals surface area contributed by atoms with Gasteiger partial charge >= 0.3 is 0 Å². The molecular formula is C14H25N3O2S. The van der Waals surface area contributed by atoms with Gasteiger partial charge in [0.15, 0.2) is 5.84 Å². The number of hydrogen-bond donors (Lipinski definition) is 2. The van der Waals surface area contributed by atoms with Crippen molar-refractivity contribution < 1.29 is 9.94 Å². The van der Waals surface area contributed by atoms with E-state index in [0.717, 1.165) is 38.8 Å². The van der Waals surface area contributed by atoms with Gasteiger partial charge in [-0.25, -0.2) is 0 Å². The van der Waals surface area contributed by atoms with Gasteiger partial charge in [-0.2, -0.15) is 11.8 Å². The van der Waals surface area contributed by atoms with E-state index in [9.17, 15) is 0 Å². The van der Waals surface area contributed by atoms with Crippen molar-refractivity contribution in [3.8, 4) is 0 Å². The maximum atomic E-state index is 8.96. The van der Waals surface area contributed by atoms with Crippen LogP contribution in [0.5, 0.6) is 0 Å². The third kappa shape index (κ3) is 2.78. The lowest BCUT2D eigenvalue weighted by Gasteiger charge is -2.46. The highest BCUT2D eigenvalue weighted by molar-refractivity contribution is 7.99. The molecule has 1 spiro atoms. The van der Waals surface area contributed by atoms with Gasteiger partial charge in [0.05, 0.1) is 11.6 Å². The number of thioether (sulfide) groups is 1. The van der Waals surface area contributed by atoms with Gasteiger partial charge in [0.2, 0.25) is 0 Å². The molecule has 0 amide bonds. The van der Waals surface area contributed by atoms with E-state index < -0.39 is 0 Å². The highest BCUT2D eigenvalue weighted by atomic mass is 32.2. The molecule has 3 heterocycles. The molecule has 3 aliphatic rings. The Morgan fingerprint density at radius 2 is 2.15 bits per heavy atom. The van der Waals surface area contributed by atoms with E-state index >= 15 is 0 Å². The zero-order valence-electron chi connectivity index (χ0n) is 12.0. The first kappa shape index (κ1) is 14.5. The summed E-state index contributed by atoms with van der Waals surface area (Å²) in [5, 5.41) is 12.2. The predicted molar refractivity (Wildman–Crippen MR) is 81.4 cm³/mol. The number of ether oxygens (including phenoxy) is 1. The fraction of sp³-hybridized carbons (Fsp3) is 0.929. The molecule has 6 heteroatoms. The summed E-state index contributed by atoms with van der Waals surface area (Å²) in [4.78, 5) is 2.46. The van der Waals surface area contributed by atoms with Gasteiger partial charge in [-0.3, -0.25) is 4.90 Å². The first-order valence-corrected chi connectivity index (χ1v) is 8.84. The molecule has 0 aromatic rings. The first-order valence-electron chi connectivity index (χ1n) is 7.69. The summed E-state index contributed by atoms with van der Waals surface area (Å²) < 4.78 is 6.17. The van der Waals surface area contributed by atoms with Crippen LogP contribution in [0.3, 0.4) is 0 Å². The van der Waals surface area contributed by atoms with E-state index in [0.29, 0.717) is 11.9 Å². The summed E-state index contributed by atoms with van der Waals surface area (Å²) in [5.74, 6) is 2.81. The van der Waals surface area contributed by atoms with E-state index in [-0.39, 0.29) is 11.6 Å². The molecule has 2 atom stereocenters. The fourth-order valence-corrected chi connectivity index (χ4v) is 5.22. The van der Waals surface area contributed by atoms with Crippen molar-refractivity contribution in [3.05, 3.63) is 0 Å². The van der Waals surface area contributed by atoms with Crippen molar-refractivity contribution in [1.82, 2.24) is 4.90 Å². The third-order valence-corrected chi connectivity index (χ3v) is 6.08. The van der Waals surface area contributed by atoms with Gasteiger partial charge in [0.25, 0.3) is 0 Å². The minimum Gasteiger partial charge on any atom is -0.409 e. The molecule has 114 valence electrons. The van der Waals surface area contributed by atoms with Crippen molar-refractivity contribution in [2.75, 3.05) is 24.7 Å². The van der Waals surface area contributed by atoms with Crippen LogP contribution in [0.1, 0.15) is 38.5 Å². The van der Waals surface area contributed by atoms with E-state index in [1.807, 2.05) is 11.8 Å². The zero-order valence-corrected chi connectivity index (χ0v) is 12.8. The Morgan fingerprint density at radius 3 is 2.90 bits per heavy atom. The zero-order chi connectivity index (χ0) is 14.0. The molecular weight excluding hydrogens is 274 g/mol. The summed E-state index contributed by atoms with van der Waals surface area (Å²) >= 11 is 2.04. The van der Waals surface area contributed by atoms with Crippen molar-refractivity contribution >= 4 is 17.6 Å². The van der Waals surface area contributed by atoms with Crippen LogP contribution in [0.4, 0.5) is 0 Å². The first-order chi connectivity index (χ1) is 9.74. The van der Waals surface area contributed by atoms with Gasteiger partial charge in [-0.15, -0.1) is 0 Å². The minimum atomic E-state index is 0.104. The Labute approximate surface area is 124 Å². The van der Waals surface area contributed by atoms with Gasteiger partial charge in [0.1, 0.15) is 0 Å². The quantitative estimate of drug-likeness (QED) is 0.351. The van der Waals surface area contributed by atoms with Crippen LogP contribution in [-0.4, -0.2) is 58.3 Å². The molecule has 3 N–H and O–H groups in total. The highest BCUT2D eigenvalue weighted by Gasteiger charge is 2.43. The molecule has 5 nitrogen and oxygen atoms in total. The molecule has 0 saturated carbocycles. The number of rotatable bonds is 2. The molecule has 3 fully saturated rings. The number of nitrogens with two attached hydrogens (primary N) is 1. The number of nitrogens with zero attached hydrogens (tertiary/aromatic N) is 2. The van der Waals surface area contributed by atoms with Crippen LogP contribution in [0.2, 0.25) is 0 Å². The lowest BCUT2D eigenvalue weighted by atomic mass is 9.84. The standard InChI is InChI=1S/C14H25N3O2S/c15-13(16-18)12-2-1-6-17(12)11-3-7-19-14(10-11)4-8-20-9-5-14/h11-12,18H,1-10H2,(H2,15,16). The van der Waals surface area contributed by atoms with E-state index in [1.54, 1.807) is 0 Å². The van der Waals surface area contributed by atoms with Gasteiger partial charge in [-0.05, 0) is 56.6 Å². The predicted octanol–water partition coefficient (Wildman–Crippen LogP) is 1.64. The summed E-state index contributed by atoms with van der Waals surface area (Å²) in [7, 11) is 0. The number of hydrogen-bond acceptors (Lipinski definition) is 5. The number of likely N-dealkylation sites (tertiary alicyclic amines) is 1. The van der Waals surface area contributed by atoms with Crippen LogP contribution < -0.4 is 5.73 Å². The minimum absolute atomic E-state index is 0.104. The summed E-state index contributed by atoms with van der Waals surface area (Å²) in [6.07, 6.45) is 6.69. The average molecular weight is 299 g/mol. The molecule has 3 rings (SSSR count). The van der Waals surface area contributed by atoms with E-state index in [2.05, 4.69) is 10.1 Å². The van der Waals surface area contributed by atoms with Crippen molar-refractivity contribution in [2.45, 2.75) is 56.2 Å². The molecule has 0 aliphatic carbocycles. The molecule has 3 aliphatic heterocycles. The lowest BCUT2D eigenvalue weighted by Crippen LogP contribution is -2.53. The molecule has 3 saturated heterocycles. The molecule has 0 bridgehead atoms.